The number of nitrogens with zero attached hydrogens (tertiary/aromatic N) is 1. The quantitative estimate of drug-likeness (QED) is 0.518. The summed E-state index contributed by atoms with van der Waals surface area (Å²) in [5.41, 5.74) is 0.118. The van der Waals surface area contributed by atoms with E-state index in [1.165, 1.54) is 13.0 Å². The fourth-order valence-electron chi connectivity index (χ4n) is 2.37. The number of hydrogen-bond donors (Lipinski definition) is 0. The van der Waals surface area contributed by atoms with Crippen LogP contribution in [0.4, 0.5) is 0 Å². The van der Waals surface area contributed by atoms with E-state index in [0.29, 0.717) is 5.78 Å². The van der Waals surface area contributed by atoms with Gasteiger partial charge >= 0.3 is 0 Å². The summed E-state index contributed by atoms with van der Waals surface area (Å²) in [5, 5.41) is 0. The topological polar surface area (TPSA) is 20.3 Å². The van der Waals surface area contributed by atoms with Gasteiger partial charge in [0.05, 0.1) is 0 Å². The molecule has 2 rings (SSSR count). The first-order valence-corrected chi connectivity index (χ1v) is 4.45. The number of ketones is 1. The van der Waals surface area contributed by atoms with Crippen molar-refractivity contribution in [1.29, 1.82) is 0 Å². The summed E-state index contributed by atoms with van der Waals surface area (Å²) in [6.45, 7) is 2.20. The van der Waals surface area contributed by atoms with Crippen LogP contribution >= 0.6 is 0 Å². The highest BCUT2D eigenvalue weighted by atomic mass is 16.1. The lowest BCUT2D eigenvalue weighted by atomic mass is 9.63. The third kappa shape index (κ3) is 1.00. The number of carbonyl (C=O) groups is 1. The second-order valence-electron chi connectivity index (χ2n) is 4.04. The molecule has 0 aromatic carbocycles. The molecule has 1 saturated carbocycles. The number of hydrogen-bond acceptors (Lipinski definition) is 2. The minimum Gasteiger partial charge on any atom is -0.305 e. The van der Waals surface area contributed by atoms with Crippen LogP contribution in [-0.2, 0) is 4.79 Å². The highest BCUT2D eigenvalue weighted by Crippen LogP contribution is 2.43. The van der Waals surface area contributed by atoms with Gasteiger partial charge in [-0.25, -0.2) is 0 Å². The Bertz CT molecular complexity index is 190. The number of likely N-dealkylation sites (tertiary alicyclic amines) is 1. The maximum atomic E-state index is 11.3. The van der Waals surface area contributed by atoms with Gasteiger partial charge in [0.2, 0.25) is 0 Å². The minimum atomic E-state index is 0.118. The molecule has 0 radical (unpaired) electrons. The van der Waals surface area contributed by atoms with E-state index < -0.39 is 0 Å². The molecule has 0 aromatic heterocycles. The molecule has 1 aliphatic heterocycles. The van der Waals surface area contributed by atoms with Gasteiger partial charge in [0.25, 0.3) is 0 Å². The van der Waals surface area contributed by atoms with Gasteiger partial charge in [-0.1, -0.05) is 0 Å². The van der Waals surface area contributed by atoms with Crippen molar-refractivity contribution in [2.45, 2.75) is 25.7 Å². The Morgan fingerprint density at radius 1 is 1.45 bits per heavy atom. The summed E-state index contributed by atoms with van der Waals surface area (Å²) in [4.78, 5) is 13.6. The maximum absolute atomic E-state index is 11.3. The van der Waals surface area contributed by atoms with Crippen molar-refractivity contribution in [2.24, 2.45) is 5.41 Å². The number of carbonyl (C=O) groups excluding carboxylic acids is 1. The zero-order chi connectivity index (χ0) is 7.90. The van der Waals surface area contributed by atoms with Crippen LogP contribution in [0.3, 0.4) is 0 Å². The molecule has 0 N–H and O–H groups in total. The fraction of sp³-hybridized carbons (Fsp3) is 0.889. The molecule has 1 spiro atoms. The van der Waals surface area contributed by atoms with E-state index in [2.05, 4.69) is 11.9 Å². The summed E-state index contributed by atoms with van der Waals surface area (Å²) < 4.78 is 0. The van der Waals surface area contributed by atoms with Gasteiger partial charge in [-0.2, -0.15) is 0 Å². The van der Waals surface area contributed by atoms with Crippen LogP contribution in [0.5, 0.6) is 0 Å². The van der Waals surface area contributed by atoms with Crippen molar-refractivity contribution in [3.05, 3.63) is 0 Å². The number of piperidine rings is 1. The molecule has 0 amide bonds. The second kappa shape index (κ2) is 2.31. The fourth-order valence-corrected chi connectivity index (χ4v) is 2.37. The minimum absolute atomic E-state index is 0.118. The number of rotatable bonds is 0. The lowest BCUT2D eigenvalue weighted by molar-refractivity contribution is -0.142. The van der Waals surface area contributed by atoms with Crippen molar-refractivity contribution >= 4 is 5.78 Å². The average Bonchev–Trinajstić information content (AvgIpc) is 2.02. The molecule has 11 heavy (non-hydrogen) atoms. The predicted octanol–water partition coefficient (Wildman–Crippen LogP) is 1.06. The third-order valence-electron chi connectivity index (χ3n) is 3.19. The first-order valence-electron chi connectivity index (χ1n) is 4.45. The van der Waals surface area contributed by atoms with Crippen LogP contribution in [0, 0.1) is 5.41 Å². The molecule has 2 heteroatoms. The molecule has 1 saturated heterocycles. The van der Waals surface area contributed by atoms with Gasteiger partial charge in [-0.3, -0.25) is 4.79 Å². The van der Waals surface area contributed by atoms with E-state index in [0.717, 1.165) is 25.8 Å². The smallest absolute Gasteiger partial charge is 0.140 e. The van der Waals surface area contributed by atoms with Crippen LogP contribution in [0.2, 0.25) is 0 Å². The monoisotopic (exact) mass is 153 g/mol. The molecular weight excluding hydrogens is 138 g/mol. The SMILES string of the molecule is CN1CCC[C@]2(CCC2=O)C1. The Balaban J connectivity index is 2.07. The molecular formula is C9H15NO. The standard InChI is InChI=1S/C9H15NO/c1-10-6-2-4-9(7-10)5-3-8(9)11/h2-7H2,1H3/t9-/m0/s1. The lowest BCUT2D eigenvalue weighted by Gasteiger charge is -2.46. The molecule has 62 valence electrons. The summed E-state index contributed by atoms with van der Waals surface area (Å²) in [6.07, 6.45) is 4.35. The molecule has 1 heterocycles. The zero-order valence-corrected chi connectivity index (χ0v) is 7.10. The van der Waals surface area contributed by atoms with Gasteiger partial charge in [0.1, 0.15) is 5.78 Å². The molecule has 0 bridgehead atoms. The second-order valence-corrected chi connectivity index (χ2v) is 4.04. The van der Waals surface area contributed by atoms with E-state index in [1.54, 1.807) is 0 Å². The normalized spacial score (nSPS) is 39.2. The van der Waals surface area contributed by atoms with Gasteiger partial charge in [0, 0.05) is 18.4 Å². The van der Waals surface area contributed by atoms with Gasteiger partial charge in [-0.15, -0.1) is 0 Å². The Hall–Kier alpha value is -0.370. The van der Waals surface area contributed by atoms with Crippen molar-refractivity contribution in [1.82, 2.24) is 4.90 Å². The molecule has 1 atom stereocenters. The Morgan fingerprint density at radius 3 is 2.64 bits per heavy atom. The summed E-state index contributed by atoms with van der Waals surface area (Å²) in [7, 11) is 2.12. The van der Waals surface area contributed by atoms with E-state index in [-0.39, 0.29) is 5.41 Å². The average molecular weight is 153 g/mol. The van der Waals surface area contributed by atoms with Gasteiger partial charge in [-0.05, 0) is 32.9 Å². The van der Waals surface area contributed by atoms with Crippen LogP contribution < -0.4 is 0 Å². The lowest BCUT2D eigenvalue weighted by Crippen LogP contribution is -2.51. The highest BCUT2D eigenvalue weighted by molar-refractivity contribution is 5.90. The summed E-state index contributed by atoms with van der Waals surface area (Å²) in [6, 6.07) is 0. The predicted molar refractivity (Wildman–Crippen MR) is 43.4 cm³/mol. The highest BCUT2D eigenvalue weighted by Gasteiger charge is 2.47. The van der Waals surface area contributed by atoms with Crippen molar-refractivity contribution in [3.63, 3.8) is 0 Å². The van der Waals surface area contributed by atoms with Crippen molar-refractivity contribution < 1.29 is 4.79 Å². The van der Waals surface area contributed by atoms with E-state index in [4.69, 9.17) is 0 Å². The largest absolute Gasteiger partial charge is 0.305 e. The van der Waals surface area contributed by atoms with Crippen LogP contribution in [-0.4, -0.2) is 30.8 Å². The molecule has 2 nitrogen and oxygen atoms in total. The molecule has 0 unspecified atom stereocenters. The zero-order valence-electron chi connectivity index (χ0n) is 7.10. The van der Waals surface area contributed by atoms with E-state index >= 15 is 0 Å². The number of Topliss-reactive ketones (excluding diaryl/α,β-unsaturated/α-hetero) is 1. The van der Waals surface area contributed by atoms with Crippen LogP contribution in [0.1, 0.15) is 25.7 Å². The van der Waals surface area contributed by atoms with E-state index in [1.807, 2.05) is 0 Å². The molecule has 2 aliphatic rings. The summed E-state index contributed by atoms with van der Waals surface area (Å²) >= 11 is 0. The Labute approximate surface area is 67.6 Å². The third-order valence-corrected chi connectivity index (χ3v) is 3.19. The molecule has 1 aliphatic carbocycles. The molecule has 2 fully saturated rings. The maximum Gasteiger partial charge on any atom is 0.140 e. The van der Waals surface area contributed by atoms with Crippen molar-refractivity contribution in [3.8, 4) is 0 Å². The van der Waals surface area contributed by atoms with E-state index in [9.17, 15) is 4.79 Å². The Morgan fingerprint density at radius 2 is 2.27 bits per heavy atom. The molecule has 0 aromatic rings. The van der Waals surface area contributed by atoms with Gasteiger partial charge in [0.15, 0.2) is 0 Å². The van der Waals surface area contributed by atoms with Crippen molar-refractivity contribution in [2.75, 3.05) is 20.1 Å². The van der Waals surface area contributed by atoms with Gasteiger partial charge < -0.3 is 4.90 Å². The summed E-state index contributed by atoms with van der Waals surface area (Å²) in [5.74, 6) is 0.518. The first-order chi connectivity index (χ1) is 5.23. The Kier molecular flexibility index (Phi) is 1.53. The van der Waals surface area contributed by atoms with Crippen LogP contribution in [0.15, 0.2) is 0 Å². The first kappa shape index (κ1) is 7.29. The van der Waals surface area contributed by atoms with Crippen LogP contribution in [0.25, 0.3) is 0 Å².